The van der Waals surface area contributed by atoms with Crippen molar-refractivity contribution in [1.29, 1.82) is 0 Å². The van der Waals surface area contributed by atoms with Gasteiger partial charge >= 0.3 is 0 Å². The summed E-state index contributed by atoms with van der Waals surface area (Å²) in [6, 6.07) is 8.44. The van der Waals surface area contributed by atoms with Gasteiger partial charge in [-0.2, -0.15) is 0 Å². The Bertz CT molecular complexity index is 297. The minimum absolute atomic E-state index is 0.419. The molecular formula is C10H12N2S. The van der Waals surface area contributed by atoms with Crippen molar-refractivity contribution < 1.29 is 0 Å². The zero-order chi connectivity index (χ0) is 9.10. The van der Waals surface area contributed by atoms with E-state index in [0.29, 0.717) is 5.37 Å². The first-order chi connectivity index (χ1) is 6.34. The summed E-state index contributed by atoms with van der Waals surface area (Å²) in [7, 11) is 0. The number of thioether (sulfide) groups is 1. The van der Waals surface area contributed by atoms with Gasteiger partial charge in [0.15, 0.2) is 0 Å². The third kappa shape index (κ3) is 2.25. The first-order valence-electron chi connectivity index (χ1n) is 4.31. The molecule has 0 aromatic heterocycles. The van der Waals surface area contributed by atoms with E-state index in [1.807, 2.05) is 5.55 Å². The van der Waals surface area contributed by atoms with Gasteiger partial charge in [-0.3, -0.25) is 4.99 Å². The van der Waals surface area contributed by atoms with E-state index in [9.17, 15) is 0 Å². The molecule has 2 rings (SSSR count). The standard InChI is InChI=1S/C10H12N2S/c1-8-2-4-9(5-3-8)12-10-6-11-7-13-10/h2-5,7,10,12H,6H2,1H3. The minimum Gasteiger partial charge on any atom is -0.371 e. The van der Waals surface area contributed by atoms with Crippen LogP contribution in [0.25, 0.3) is 0 Å². The van der Waals surface area contributed by atoms with Crippen molar-refractivity contribution in [1.82, 2.24) is 0 Å². The normalized spacial score (nSPS) is 20.5. The lowest BCUT2D eigenvalue weighted by Crippen LogP contribution is -2.15. The van der Waals surface area contributed by atoms with E-state index in [0.717, 1.165) is 6.54 Å². The molecule has 0 spiro atoms. The zero-order valence-electron chi connectivity index (χ0n) is 7.53. The van der Waals surface area contributed by atoms with Crippen molar-refractivity contribution in [3.8, 4) is 0 Å². The van der Waals surface area contributed by atoms with Crippen LogP contribution < -0.4 is 5.32 Å². The van der Waals surface area contributed by atoms with Gasteiger partial charge in [0.25, 0.3) is 0 Å². The second-order valence-electron chi connectivity index (χ2n) is 3.11. The monoisotopic (exact) mass is 192 g/mol. The van der Waals surface area contributed by atoms with E-state index >= 15 is 0 Å². The Morgan fingerprint density at radius 3 is 2.77 bits per heavy atom. The molecule has 0 fully saturated rings. The largest absolute Gasteiger partial charge is 0.371 e. The van der Waals surface area contributed by atoms with E-state index in [1.165, 1.54) is 11.3 Å². The summed E-state index contributed by atoms with van der Waals surface area (Å²) in [6.07, 6.45) is 0. The molecule has 3 heteroatoms. The first kappa shape index (κ1) is 8.63. The van der Waals surface area contributed by atoms with Crippen molar-refractivity contribution in [2.75, 3.05) is 11.9 Å². The Hall–Kier alpha value is -0.960. The van der Waals surface area contributed by atoms with Crippen LogP contribution in [0.1, 0.15) is 5.56 Å². The number of benzene rings is 1. The number of nitrogens with one attached hydrogen (secondary N) is 1. The van der Waals surface area contributed by atoms with Crippen LogP contribution in [0.15, 0.2) is 29.3 Å². The van der Waals surface area contributed by atoms with Crippen molar-refractivity contribution >= 4 is 23.0 Å². The number of aryl methyl sites for hydroxylation is 1. The van der Waals surface area contributed by atoms with Crippen LogP contribution in [0, 0.1) is 6.92 Å². The van der Waals surface area contributed by atoms with Crippen molar-refractivity contribution in [3.05, 3.63) is 29.8 Å². The fourth-order valence-electron chi connectivity index (χ4n) is 1.21. The van der Waals surface area contributed by atoms with E-state index in [2.05, 4.69) is 41.5 Å². The zero-order valence-corrected chi connectivity index (χ0v) is 8.34. The summed E-state index contributed by atoms with van der Waals surface area (Å²) < 4.78 is 0. The quantitative estimate of drug-likeness (QED) is 0.778. The van der Waals surface area contributed by atoms with Crippen LogP contribution in [0.5, 0.6) is 0 Å². The summed E-state index contributed by atoms with van der Waals surface area (Å²) in [5.74, 6) is 0. The number of hydrogen-bond acceptors (Lipinski definition) is 3. The Morgan fingerprint density at radius 2 is 2.15 bits per heavy atom. The van der Waals surface area contributed by atoms with Crippen molar-refractivity contribution in [2.24, 2.45) is 4.99 Å². The molecule has 1 N–H and O–H groups in total. The van der Waals surface area contributed by atoms with Crippen molar-refractivity contribution in [3.63, 3.8) is 0 Å². The second kappa shape index (κ2) is 3.83. The maximum atomic E-state index is 4.15. The van der Waals surface area contributed by atoms with E-state index in [1.54, 1.807) is 11.8 Å². The molecule has 68 valence electrons. The molecule has 0 radical (unpaired) electrons. The highest BCUT2D eigenvalue weighted by Crippen LogP contribution is 2.18. The maximum absolute atomic E-state index is 4.15. The van der Waals surface area contributed by atoms with Crippen LogP contribution in [0.4, 0.5) is 5.69 Å². The van der Waals surface area contributed by atoms with Gasteiger partial charge in [-0.1, -0.05) is 29.5 Å². The molecule has 0 amide bonds. The molecule has 0 saturated heterocycles. The molecule has 1 aliphatic rings. The highest BCUT2D eigenvalue weighted by atomic mass is 32.2. The van der Waals surface area contributed by atoms with Crippen LogP contribution in [0.3, 0.4) is 0 Å². The molecule has 1 aliphatic heterocycles. The Balaban J connectivity index is 1.97. The van der Waals surface area contributed by atoms with Gasteiger partial charge in [0, 0.05) is 5.69 Å². The SMILES string of the molecule is Cc1ccc(NC2CN=CS2)cc1. The minimum atomic E-state index is 0.419. The Labute approximate surface area is 82.5 Å². The fourth-order valence-corrected chi connectivity index (χ4v) is 1.91. The summed E-state index contributed by atoms with van der Waals surface area (Å²) in [5.41, 5.74) is 4.38. The predicted octanol–water partition coefficient (Wildman–Crippen LogP) is 2.51. The van der Waals surface area contributed by atoms with Crippen LogP contribution in [-0.4, -0.2) is 17.5 Å². The van der Waals surface area contributed by atoms with Gasteiger partial charge < -0.3 is 5.32 Å². The molecule has 2 nitrogen and oxygen atoms in total. The summed E-state index contributed by atoms with van der Waals surface area (Å²) in [5, 5.41) is 3.83. The molecule has 13 heavy (non-hydrogen) atoms. The fraction of sp³-hybridized carbons (Fsp3) is 0.300. The first-order valence-corrected chi connectivity index (χ1v) is 5.26. The molecule has 1 atom stereocenters. The highest BCUT2D eigenvalue weighted by molar-refractivity contribution is 8.13. The maximum Gasteiger partial charge on any atom is 0.0975 e. The molecule has 1 aromatic carbocycles. The molecule has 1 aromatic rings. The summed E-state index contributed by atoms with van der Waals surface area (Å²) >= 11 is 1.74. The summed E-state index contributed by atoms with van der Waals surface area (Å²) in [4.78, 5) is 4.15. The lowest BCUT2D eigenvalue weighted by atomic mass is 10.2. The molecule has 0 bridgehead atoms. The number of hydrogen-bond donors (Lipinski definition) is 1. The Morgan fingerprint density at radius 1 is 1.38 bits per heavy atom. The number of rotatable bonds is 2. The van der Waals surface area contributed by atoms with Gasteiger partial charge in [-0.25, -0.2) is 0 Å². The summed E-state index contributed by atoms with van der Waals surface area (Å²) in [6.45, 7) is 2.97. The van der Waals surface area contributed by atoms with Crippen LogP contribution in [-0.2, 0) is 0 Å². The third-order valence-electron chi connectivity index (χ3n) is 1.95. The van der Waals surface area contributed by atoms with E-state index < -0.39 is 0 Å². The van der Waals surface area contributed by atoms with Crippen LogP contribution in [0.2, 0.25) is 0 Å². The molecule has 0 saturated carbocycles. The number of anilines is 1. The predicted molar refractivity (Wildman–Crippen MR) is 59.5 cm³/mol. The van der Waals surface area contributed by atoms with E-state index in [-0.39, 0.29) is 0 Å². The average molecular weight is 192 g/mol. The van der Waals surface area contributed by atoms with Gasteiger partial charge in [0.1, 0.15) is 0 Å². The molecule has 0 aliphatic carbocycles. The Kier molecular flexibility index (Phi) is 2.54. The molecule has 1 unspecified atom stereocenters. The van der Waals surface area contributed by atoms with E-state index in [4.69, 9.17) is 0 Å². The number of nitrogens with zero attached hydrogens (tertiary/aromatic N) is 1. The van der Waals surface area contributed by atoms with Gasteiger partial charge in [-0.15, -0.1) is 0 Å². The van der Waals surface area contributed by atoms with Gasteiger partial charge in [0.05, 0.1) is 17.5 Å². The lowest BCUT2D eigenvalue weighted by molar-refractivity contribution is 0.989. The molecule has 1 heterocycles. The second-order valence-corrected chi connectivity index (χ2v) is 4.16. The average Bonchev–Trinajstić information content (AvgIpc) is 2.62. The third-order valence-corrected chi connectivity index (χ3v) is 2.82. The van der Waals surface area contributed by atoms with Gasteiger partial charge in [-0.05, 0) is 19.1 Å². The van der Waals surface area contributed by atoms with Crippen molar-refractivity contribution in [2.45, 2.75) is 12.3 Å². The lowest BCUT2D eigenvalue weighted by Gasteiger charge is -2.11. The highest BCUT2D eigenvalue weighted by Gasteiger charge is 2.10. The topological polar surface area (TPSA) is 24.4 Å². The van der Waals surface area contributed by atoms with Gasteiger partial charge in [0.2, 0.25) is 0 Å². The molecular weight excluding hydrogens is 180 g/mol. The smallest absolute Gasteiger partial charge is 0.0975 e. The number of aliphatic imine (C=N–C) groups is 1. The van der Waals surface area contributed by atoms with Crippen LogP contribution >= 0.6 is 11.8 Å².